The molecule has 162 valence electrons. The number of oxazole rings is 1. The van der Waals surface area contributed by atoms with Gasteiger partial charge in [-0.3, -0.25) is 4.79 Å². The number of nitrogens with one attached hydrogen (secondary N) is 2. The van der Waals surface area contributed by atoms with Crippen LogP contribution in [0, 0.1) is 0 Å². The van der Waals surface area contributed by atoms with Crippen LogP contribution in [0.2, 0.25) is 0 Å². The summed E-state index contributed by atoms with van der Waals surface area (Å²) in [7, 11) is 2.24. The molecule has 30 heavy (non-hydrogen) atoms. The van der Waals surface area contributed by atoms with Crippen molar-refractivity contribution in [2.45, 2.75) is 76.2 Å². The number of hydrogen-bond donors (Lipinski definition) is 2. The van der Waals surface area contributed by atoms with Gasteiger partial charge < -0.3 is 24.9 Å². The topological polar surface area (TPSA) is 73.6 Å². The van der Waals surface area contributed by atoms with Gasteiger partial charge in [0, 0.05) is 43.3 Å². The largest absolute Gasteiger partial charge is 0.423 e. The normalized spacial score (nSPS) is 32.4. The predicted molar refractivity (Wildman–Crippen MR) is 118 cm³/mol. The van der Waals surface area contributed by atoms with E-state index in [1.165, 1.54) is 19.3 Å². The number of piperazine rings is 1. The lowest BCUT2D eigenvalue weighted by Gasteiger charge is -2.47. The Hall–Kier alpha value is -2.12. The molecule has 1 aromatic carbocycles. The van der Waals surface area contributed by atoms with Gasteiger partial charge in [-0.1, -0.05) is 12.5 Å². The minimum Gasteiger partial charge on any atom is -0.423 e. The summed E-state index contributed by atoms with van der Waals surface area (Å²) in [6.45, 7) is 6.13. The fourth-order valence-electron chi connectivity index (χ4n) is 5.74. The lowest BCUT2D eigenvalue weighted by Crippen LogP contribution is -2.55. The summed E-state index contributed by atoms with van der Waals surface area (Å²) in [4.78, 5) is 22.7. The molecule has 4 atom stereocenters. The third-order valence-electron chi connectivity index (χ3n) is 7.38. The molecule has 0 unspecified atom stereocenters. The molecule has 2 N–H and O–H groups in total. The highest BCUT2D eigenvalue weighted by Crippen LogP contribution is 2.33. The van der Waals surface area contributed by atoms with E-state index in [1.54, 1.807) is 0 Å². The molecule has 3 saturated heterocycles. The molecule has 4 heterocycles. The average molecular weight is 412 g/mol. The first-order valence-electron chi connectivity index (χ1n) is 11.4. The molecule has 0 saturated carbocycles. The number of fused-ring (bicyclic) bond motifs is 3. The van der Waals surface area contributed by atoms with Gasteiger partial charge in [0.05, 0.1) is 5.56 Å². The summed E-state index contributed by atoms with van der Waals surface area (Å²) in [6.07, 6.45) is 5.86. The number of piperidine rings is 2. The van der Waals surface area contributed by atoms with Crippen LogP contribution in [-0.2, 0) is 0 Å². The third-order valence-corrected chi connectivity index (χ3v) is 7.38. The molecule has 5 rings (SSSR count). The molecule has 7 heteroatoms. The molecule has 3 aliphatic heterocycles. The van der Waals surface area contributed by atoms with Gasteiger partial charge >= 0.3 is 0 Å². The number of amides is 1. The van der Waals surface area contributed by atoms with Gasteiger partial charge in [0.1, 0.15) is 5.52 Å². The number of anilines is 1. The Morgan fingerprint density at radius 3 is 2.57 bits per heavy atom. The van der Waals surface area contributed by atoms with E-state index in [2.05, 4.69) is 41.3 Å². The number of carbonyl (C=O) groups is 1. The second kappa shape index (κ2) is 7.85. The SMILES string of the molecule is C[C@@H]1CNC[C@H](C)N1c1nc2c(C(=O)NC3C[C@H]4CCC[C@H](C3)N4C)cccc2o1. The zero-order valence-electron chi connectivity index (χ0n) is 18.2. The van der Waals surface area contributed by atoms with Gasteiger partial charge in [-0.25, -0.2) is 0 Å². The first-order valence-corrected chi connectivity index (χ1v) is 11.4. The number of rotatable bonds is 3. The smallest absolute Gasteiger partial charge is 0.298 e. The van der Waals surface area contributed by atoms with Crippen LogP contribution < -0.4 is 15.5 Å². The van der Waals surface area contributed by atoms with Crippen LogP contribution in [0.3, 0.4) is 0 Å². The number of benzene rings is 1. The Morgan fingerprint density at radius 1 is 1.17 bits per heavy atom. The van der Waals surface area contributed by atoms with Crippen molar-refractivity contribution in [3.8, 4) is 0 Å². The zero-order chi connectivity index (χ0) is 20.8. The van der Waals surface area contributed by atoms with Crippen LogP contribution in [0.25, 0.3) is 11.1 Å². The van der Waals surface area contributed by atoms with Crippen LogP contribution in [0.15, 0.2) is 22.6 Å². The molecule has 2 aromatic rings. The maximum absolute atomic E-state index is 13.2. The number of hydrogen-bond acceptors (Lipinski definition) is 6. The van der Waals surface area contributed by atoms with Crippen molar-refractivity contribution < 1.29 is 9.21 Å². The van der Waals surface area contributed by atoms with E-state index >= 15 is 0 Å². The Morgan fingerprint density at radius 2 is 1.87 bits per heavy atom. The molecule has 7 nitrogen and oxygen atoms in total. The van der Waals surface area contributed by atoms with Crippen molar-refractivity contribution in [3.63, 3.8) is 0 Å². The van der Waals surface area contributed by atoms with E-state index < -0.39 is 0 Å². The van der Waals surface area contributed by atoms with Crippen molar-refractivity contribution in [2.75, 3.05) is 25.0 Å². The lowest BCUT2D eigenvalue weighted by molar-refractivity contribution is 0.0463. The summed E-state index contributed by atoms with van der Waals surface area (Å²) in [5, 5.41) is 6.75. The molecular formula is C23H33N5O2. The zero-order valence-corrected chi connectivity index (χ0v) is 18.2. The second-order valence-electron chi connectivity index (χ2n) is 9.46. The van der Waals surface area contributed by atoms with Gasteiger partial charge in [0.2, 0.25) is 0 Å². The molecule has 2 bridgehead atoms. The highest BCUT2D eigenvalue weighted by atomic mass is 16.4. The van der Waals surface area contributed by atoms with Crippen LogP contribution >= 0.6 is 0 Å². The summed E-state index contributed by atoms with van der Waals surface area (Å²) in [6, 6.07) is 8.26. The van der Waals surface area contributed by atoms with Crippen LogP contribution in [-0.4, -0.2) is 66.1 Å². The van der Waals surface area contributed by atoms with Crippen LogP contribution in [0.1, 0.15) is 56.3 Å². The predicted octanol–water partition coefficient (Wildman–Crippen LogP) is 2.76. The van der Waals surface area contributed by atoms with Gasteiger partial charge in [0.15, 0.2) is 5.58 Å². The van der Waals surface area contributed by atoms with E-state index in [1.807, 2.05) is 18.2 Å². The van der Waals surface area contributed by atoms with E-state index in [4.69, 9.17) is 9.40 Å². The van der Waals surface area contributed by atoms with Crippen LogP contribution in [0.4, 0.5) is 6.01 Å². The average Bonchev–Trinajstić information content (AvgIpc) is 3.12. The Kier molecular flexibility index (Phi) is 5.19. The molecule has 3 fully saturated rings. The third kappa shape index (κ3) is 3.48. The summed E-state index contributed by atoms with van der Waals surface area (Å²) in [5.41, 5.74) is 1.95. The lowest BCUT2D eigenvalue weighted by atomic mass is 9.82. The van der Waals surface area contributed by atoms with Crippen molar-refractivity contribution in [1.29, 1.82) is 0 Å². The minimum absolute atomic E-state index is 0.0329. The quantitative estimate of drug-likeness (QED) is 0.809. The minimum atomic E-state index is -0.0329. The highest BCUT2D eigenvalue weighted by Gasteiger charge is 2.37. The van der Waals surface area contributed by atoms with Crippen molar-refractivity contribution >= 4 is 23.0 Å². The molecular weight excluding hydrogens is 378 g/mol. The van der Waals surface area contributed by atoms with E-state index in [0.29, 0.717) is 34.8 Å². The van der Waals surface area contributed by atoms with E-state index in [-0.39, 0.29) is 24.0 Å². The maximum atomic E-state index is 13.2. The van der Waals surface area contributed by atoms with Gasteiger partial charge in [-0.05, 0) is 58.7 Å². The number of para-hydroxylation sites is 1. The van der Waals surface area contributed by atoms with Crippen molar-refractivity contribution in [1.82, 2.24) is 20.5 Å². The van der Waals surface area contributed by atoms with Gasteiger partial charge in [-0.2, -0.15) is 4.98 Å². The molecule has 1 amide bonds. The standard InChI is InChI=1S/C23H33N5O2/c1-14-12-24-13-15(2)28(14)23-26-21-19(8-5-9-20(21)30-23)22(29)25-16-10-17-6-4-7-18(11-16)27(17)3/h5,8-9,14-18,24H,4,6-7,10-13H2,1-3H3,(H,25,29)/t14-,15+,17-,18-/m1/s1. The summed E-state index contributed by atoms with van der Waals surface area (Å²) >= 11 is 0. The van der Waals surface area contributed by atoms with Gasteiger partial charge in [-0.15, -0.1) is 0 Å². The van der Waals surface area contributed by atoms with Gasteiger partial charge in [0.25, 0.3) is 11.9 Å². The molecule has 0 radical (unpaired) electrons. The maximum Gasteiger partial charge on any atom is 0.298 e. The molecule has 3 aliphatic rings. The van der Waals surface area contributed by atoms with E-state index in [0.717, 1.165) is 25.9 Å². The molecule has 0 spiro atoms. The summed E-state index contributed by atoms with van der Waals surface area (Å²) < 4.78 is 6.10. The van der Waals surface area contributed by atoms with Crippen LogP contribution in [0.5, 0.6) is 0 Å². The molecule has 1 aromatic heterocycles. The highest BCUT2D eigenvalue weighted by molar-refractivity contribution is 6.04. The first-order chi connectivity index (χ1) is 14.5. The fraction of sp³-hybridized carbons (Fsp3) is 0.652. The van der Waals surface area contributed by atoms with Crippen molar-refractivity contribution in [2.24, 2.45) is 0 Å². The Balaban J connectivity index is 1.38. The first kappa shape index (κ1) is 19.8. The van der Waals surface area contributed by atoms with Crippen molar-refractivity contribution in [3.05, 3.63) is 23.8 Å². The monoisotopic (exact) mass is 411 g/mol. The fourth-order valence-corrected chi connectivity index (χ4v) is 5.74. The number of carbonyl (C=O) groups excluding carboxylic acids is 1. The Bertz CT molecular complexity index is 903. The summed E-state index contributed by atoms with van der Waals surface area (Å²) in [5.74, 6) is -0.0329. The number of aromatic nitrogens is 1. The number of nitrogens with zero attached hydrogens (tertiary/aromatic N) is 3. The molecule has 0 aliphatic carbocycles. The Labute approximate surface area is 178 Å². The second-order valence-corrected chi connectivity index (χ2v) is 9.46. The van der Waals surface area contributed by atoms with E-state index in [9.17, 15) is 4.79 Å².